The number of hydrogen-bond donors (Lipinski definition) is 1. The van der Waals surface area contributed by atoms with Gasteiger partial charge in [-0.3, -0.25) is 9.79 Å². The molecular weight excluding hydrogens is 563 g/mol. The molecule has 1 heterocycles. The maximum absolute atomic E-state index is 13.0. The highest BCUT2D eigenvalue weighted by atomic mass is 79.9. The number of anilines is 2. The van der Waals surface area contributed by atoms with Crippen molar-refractivity contribution in [1.29, 1.82) is 0 Å². The summed E-state index contributed by atoms with van der Waals surface area (Å²) in [4.78, 5) is 17.1. The maximum atomic E-state index is 13.0. The maximum Gasteiger partial charge on any atom is 0.471 e. The van der Waals surface area contributed by atoms with Crippen molar-refractivity contribution in [2.24, 2.45) is 4.99 Å². The van der Waals surface area contributed by atoms with E-state index >= 15 is 0 Å². The highest BCUT2D eigenvalue weighted by Gasteiger charge is 2.43. The summed E-state index contributed by atoms with van der Waals surface area (Å²) in [5.74, 6) is -1.93. The molecule has 1 N–H and O–H groups in total. The summed E-state index contributed by atoms with van der Waals surface area (Å²) in [5.41, 5.74) is 2.70. The minimum atomic E-state index is -4.97. The van der Waals surface area contributed by atoms with E-state index in [0.717, 1.165) is 27.1 Å². The Labute approximate surface area is 205 Å². The average Bonchev–Trinajstić information content (AvgIpc) is 2.78. The summed E-state index contributed by atoms with van der Waals surface area (Å²) in [6, 6.07) is 18.6. The Kier molecular flexibility index (Phi) is 6.13. The van der Waals surface area contributed by atoms with Gasteiger partial charge in [-0.1, -0.05) is 56.1 Å². The number of aliphatic imine (C=N–C) groups is 1. The van der Waals surface area contributed by atoms with Crippen LogP contribution in [-0.4, -0.2) is 25.3 Å². The van der Waals surface area contributed by atoms with E-state index in [1.165, 1.54) is 6.07 Å². The van der Waals surface area contributed by atoms with Crippen LogP contribution >= 0.6 is 31.9 Å². The normalized spacial score (nSPS) is 14.4. The molecule has 3 aromatic rings. The molecule has 4 rings (SSSR count). The van der Waals surface area contributed by atoms with Crippen molar-refractivity contribution in [3.05, 3.63) is 86.3 Å². The van der Waals surface area contributed by atoms with Crippen LogP contribution in [0.15, 0.2) is 74.6 Å². The fraction of sp³-hybridized carbons (Fsp3) is 0.167. The second-order valence-corrected chi connectivity index (χ2v) is 9.50. The standard InChI is InChI=1S/C24H18Br2F3N3O/c1-14-20(32(2)22(33)24(27,28)29)12-11-19-21(14)31-23(13-30-19,15-3-7-17(25)8-4-15)16-5-9-18(26)10-6-16/h3-13,31H,1-2H3. The van der Waals surface area contributed by atoms with Gasteiger partial charge in [0.25, 0.3) is 0 Å². The minimum Gasteiger partial charge on any atom is -0.365 e. The third-order valence-corrected chi connectivity index (χ3v) is 6.70. The number of hydrogen-bond acceptors (Lipinski definition) is 3. The molecule has 1 aliphatic heterocycles. The van der Waals surface area contributed by atoms with Crippen molar-refractivity contribution in [2.45, 2.75) is 18.6 Å². The van der Waals surface area contributed by atoms with Crippen LogP contribution < -0.4 is 10.2 Å². The van der Waals surface area contributed by atoms with Crippen LogP contribution in [0, 0.1) is 6.92 Å². The van der Waals surface area contributed by atoms with Gasteiger partial charge in [0.1, 0.15) is 5.54 Å². The summed E-state index contributed by atoms with van der Waals surface area (Å²) in [6.07, 6.45) is -3.17. The third kappa shape index (κ3) is 4.31. The van der Waals surface area contributed by atoms with Gasteiger partial charge in [0, 0.05) is 27.9 Å². The smallest absolute Gasteiger partial charge is 0.365 e. The second-order valence-electron chi connectivity index (χ2n) is 7.67. The first-order valence-electron chi connectivity index (χ1n) is 9.87. The number of halogens is 5. The van der Waals surface area contributed by atoms with Crippen molar-refractivity contribution in [1.82, 2.24) is 0 Å². The summed E-state index contributed by atoms with van der Waals surface area (Å²) < 4.78 is 41.0. The minimum absolute atomic E-state index is 0.154. The molecule has 0 spiro atoms. The van der Waals surface area contributed by atoms with E-state index in [1.54, 1.807) is 19.2 Å². The van der Waals surface area contributed by atoms with Gasteiger partial charge < -0.3 is 10.2 Å². The monoisotopic (exact) mass is 579 g/mol. The lowest BCUT2D eigenvalue weighted by molar-refractivity contribution is -0.170. The lowest BCUT2D eigenvalue weighted by Gasteiger charge is -2.38. The molecule has 1 amide bonds. The predicted octanol–water partition coefficient (Wildman–Crippen LogP) is 7.12. The third-order valence-electron chi connectivity index (χ3n) is 5.64. The average molecular weight is 581 g/mol. The predicted molar refractivity (Wildman–Crippen MR) is 131 cm³/mol. The molecule has 0 aromatic heterocycles. The lowest BCUT2D eigenvalue weighted by Crippen LogP contribution is -2.41. The van der Waals surface area contributed by atoms with E-state index in [-0.39, 0.29) is 5.69 Å². The molecule has 0 bridgehead atoms. The number of benzene rings is 3. The molecule has 0 atom stereocenters. The number of fused-ring (bicyclic) bond motifs is 1. The van der Waals surface area contributed by atoms with Crippen LogP contribution in [0.4, 0.5) is 30.2 Å². The Balaban J connectivity index is 1.86. The zero-order valence-electron chi connectivity index (χ0n) is 17.5. The first-order chi connectivity index (χ1) is 15.5. The van der Waals surface area contributed by atoms with Gasteiger partial charge in [0.15, 0.2) is 0 Å². The highest BCUT2D eigenvalue weighted by Crippen LogP contribution is 2.44. The van der Waals surface area contributed by atoms with Gasteiger partial charge in [0.2, 0.25) is 0 Å². The van der Waals surface area contributed by atoms with Crippen LogP contribution in [0.25, 0.3) is 0 Å². The Morgan fingerprint density at radius 1 is 0.939 bits per heavy atom. The quantitative estimate of drug-likeness (QED) is 0.358. The Bertz CT molecular complexity index is 1190. The van der Waals surface area contributed by atoms with Crippen LogP contribution in [0.1, 0.15) is 16.7 Å². The fourth-order valence-corrected chi connectivity index (χ4v) is 4.42. The van der Waals surface area contributed by atoms with Crippen molar-refractivity contribution >= 4 is 61.0 Å². The van der Waals surface area contributed by atoms with Crippen molar-refractivity contribution in [2.75, 3.05) is 17.3 Å². The van der Waals surface area contributed by atoms with Crippen LogP contribution in [0.2, 0.25) is 0 Å². The molecule has 0 radical (unpaired) electrons. The molecule has 4 nitrogen and oxygen atoms in total. The Morgan fingerprint density at radius 2 is 1.45 bits per heavy atom. The first-order valence-corrected chi connectivity index (χ1v) is 11.5. The van der Waals surface area contributed by atoms with E-state index in [0.29, 0.717) is 21.8 Å². The molecule has 33 heavy (non-hydrogen) atoms. The number of nitrogens with one attached hydrogen (secondary N) is 1. The number of rotatable bonds is 3. The van der Waals surface area contributed by atoms with E-state index < -0.39 is 17.6 Å². The van der Waals surface area contributed by atoms with Gasteiger partial charge in [-0.15, -0.1) is 0 Å². The van der Waals surface area contributed by atoms with Crippen LogP contribution in [0.3, 0.4) is 0 Å². The van der Waals surface area contributed by atoms with Crippen LogP contribution in [-0.2, 0) is 10.3 Å². The van der Waals surface area contributed by atoms with Crippen molar-refractivity contribution in [3.8, 4) is 0 Å². The highest BCUT2D eigenvalue weighted by molar-refractivity contribution is 9.10. The number of carbonyl (C=O) groups is 1. The van der Waals surface area contributed by atoms with E-state index in [1.807, 2.05) is 48.5 Å². The Hall–Kier alpha value is -2.65. The SMILES string of the molecule is Cc1c(N(C)C(=O)C(F)(F)F)ccc2c1NC(c1ccc(Br)cc1)(c1ccc(Br)cc1)C=N2. The molecule has 0 saturated carbocycles. The number of carbonyl (C=O) groups excluding carboxylic acids is 1. The largest absolute Gasteiger partial charge is 0.471 e. The second kappa shape index (κ2) is 8.61. The van der Waals surface area contributed by atoms with Gasteiger partial charge in [-0.05, 0) is 60.0 Å². The Morgan fingerprint density at radius 3 is 1.94 bits per heavy atom. The van der Waals surface area contributed by atoms with E-state index in [4.69, 9.17) is 0 Å². The van der Waals surface area contributed by atoms with Gasteiger partial charge >= 0.3 is 12.1 Å². The van der Waals surface area contributed by atoms with Crippen LogP contribution in [0.5, 0.6) is 0 Å². The number of nitrogens with zero attached hydrogens (tertiary/aromatic N) is 2. The molecule has 3 aromatic carbocycles. The topological polar surface area (TPSA) is 44.7 Å². The first kappa shape index (κ1) is 23.5. The summed E-state index contributed by atoms with van der Waals surface area (Å²) in [7, 11) is 1.12. The number of amides is 1. The molecular formula is C24H18Br2F3N3O. The van der Waals surface area contributed by atoms with Gasteiger partial charge in [-0.2, -0.15) is 13.2 Å². The molecule has 170 valence electrons. The van der Waals surface area contributed by atoms with Crippen molar-refractivity contribution < 1.29 is 18.0 Å². The van der Waals surface area contributed by atoms with E-state index in [9.17, 15) is 18.0 Å². The van der Waals surface area contributed by atoms with E-state index in [2.05, 4.69) is 42.2 Å². The molecule has 9 heteroatoms. The fourth-order valence-electron chi connectivity index (χ4n) is 3.90. The summed E-state index contributed by atoms with van der Waals surface area (Å²) in [5, 5.41) is 3.52. The molecule has 0 unspecified atom stereocenters. The molecule has 0 saturated heterocycles. The summed E-state index contributed by atoms with van der Waals surface area (Å²) in [6.45, 7) is 1.68. The zero-order chi connectivity index (χ0) is 24.0. The molecule has 0 aliphatic carbocycles. The zero-order valence-corrected chi connectivity index (χ0v) is 20.7. The lowest BCUT2D eigenvalue weighted by atomic mass is 9.82. The van der Waals surface area contributed by atoms with Gasteiger partial charge in [-0.25, -0.2) is 0 Å². The molecule has 0 fully saturated rings. The van der Waals surface area contributed by atoms with Crippen molar-refractivity contribution in [3.63, 3.8) is 0 Å². The summed E-state index contributed by atoms with van der Waals surface area (Å²) >= 11 is 6.91. The number of alkyl halides is 3. The molecule has 1 aliphatic rings. The van der Waals surface area contributed by atoms with Gasteiger partial charge in [0.05, 0.1) is 11.4 Å².